The van der Waals surface area contributed by atoms with Crippen LogP contribution in [0.2, 0.25) is 0 Å². The van der Waals surface area contributed by atoms with Crippen LogP contribution in [0.3, 0.4) is 0 Å². The predicted octanol–water partition coefficient (Wildman–Crippen LogP) is 4.22. The van der Waals surface area contributed by atoms with E-state index in [0.717, 1.165) is 5.56 Å². The molecule has 0 saturated heterocycles. The van der Waals surface area contributed by atoms with E-state index in [1.54, 1.807) is 6.07 Å². The Bertz CT molecular complexity index is 796. The van der Waals surface area contributed by atoms with Gasteiger partial charge in [-0.1, -0.05) is 62.4 Å². The minimum atomic E-state index is -1.44. The molecule has 0 aliphatic rings. The standard InChI is InChI=1S/C22H28BNO5/c1-15(2)22(24-16(3)19-11-7-6-8-12-19)20-13-9-10-14-21(20)29-23(27-17(4)25)28-18(5)26/h6-16,22,24H,1-5H3/t16-,22-/m1/s1. The van der Waals surface area contributed by atoms with Gasteiger partial charge in [-0.3, -0.25) is 9.59 Å². The highest BCUT2D eigenvalue weighted by molar-refractivity contribution is 6.42. The summed E-state index contributed by atoms with van der Waals surface area (Å²) in [6, 6.07) is 17.7. The third-order valence-corrected chi connectivity index (χ3v) is 4.40. The molecule has 7 heteroatoms. The lowest BCUT2D eigenvalue weighted by atomic mass is 9.93. The first kappa shape index (κ1) is 22.5. The van der Waals surface area contributed by atoms with Crippen molar-refractivity contribution in [3.05, 3.63) is 65.7 Å². The molecule has 2 atom stereocenters. The molecule has 2 aromatic carbocycles. The lowest BCUT2D eigenvalue weighted by Crippen LogP contribution is -2.35. The van der Waals surface area contributed by atoms with E-state index in [4.69, 9.17) is 14.0 Å². The van der Waals surface area contributed by atoms with Gasteiger partial charge in [-0.25, -0.2) is 0 Å². The number of rotatable bonds is 9. The zero-order valence-electron chi connectivity index (χ0n) is 17.5. The van der Waals surface area contributed by atoms with Gasteiger partial charge in [-0.05, 0) is 24.5 Å². The molecule has 0 unspecified atom stereocenters. The number of benzene rings is 2. The van der Waals surface area contributed by atoms with Crippen LogP contribution in [0.25, 0.3) is 0 Å². The van der Waals surface area contributed by atoms with Gasteiger partial charge in [-0.2, -0.15) is 0 Å². The van der Waals surface area contributed by atoms with Crippen LogP contribution in [-0.2, 0) is 18.9 Å². The number of hydrogen-bond donors (Lipinski definition) is 1. The van der Waals surface area contributed by atoms with Crippen molar-refractivity contribution < 1.29 is 23.6 Å². The molecule has 0 fully saturated rings. The van der Waals surface area contributed by atoms with E-state index < -0.39 is 19.3 Å². The monoisotopic (exact) mass is 397 g/mol. The Morgan fingerprint density at radius 3 is 1.97 bits per heavy atom. The molecular weight excluding hydrogens is 369 g/mol. The Morgan fingerprint density at radius 2 is 1.41 bits per heavy atom. The largest absolute Gasteiger partial charge is 0.868 e. The highest BCUT2D eigenvalue weighted by atomic mass is 16.8. The van der Waals surface area contributed by atoms with Crippen LogP contribution >= 0.6 is 0 Å². The lowest BCUT2D eigenvalue weighted by molar-refractivity contribution is -0.139. The van der Waals surface area contributed by atoms with Gasteiger partial charge < -0.3 is 19.3 Å². The van der Waals surface area contributed by atoms with Gasteiger partial charge in [0.2, 0.25) is 0 Å². The maximum Gasteiger partial charge on any atom is 0.868 e. The van der Waals surface area contributed by atoms with Crippen LogP contribution in [-0.4, -0.2) is 19.3 Å². The smallest absolute Gasteiger partial charge is 0.489 e. The van der Waals surface area contributed by atoms with Gasteiger partial charge in [0.05, 0.1) is 0 Å². The third-order valence-electron chi connectivity index (χ3n) is 4.40. The molecule has 1 N–H and O–H groups in total. The van der Waals surface area contributed by atoms with E-state index in [9.17, 15) is 9.59 Å². The topological polar surface area (TPSA) is 73.9 Å². The Kier molecular flexibility index (Phi) is 8.27. The Morgan fingerprint density at radius 1 is 0.862 bits per heavy atom. The fraction of sp³-hybridized carbons (Fsp3) is 0.364. The average Bonchev–Trinajstić information content (AvgIpc) is 2.66. The van der Waals surface area contributed by atoms with Crippen LogP contribution < -0.4 is 9.97 Å². The molecule has 0 aliphatic carbocycles. The molecule has 0 aliphatic heterocycles. The highest BCUT2D eigenvalue weighted by Crippen LogP contribution is 2.32. The van der Waals surface area contributed by atoms with Gasteiger partial charge in [-0.15, -0.1) is 0 Å². The van der Waals surface area contributed by atoms with Crippen molar-refractivity contribution in [3.8, 4) is 5.75 Å². The van der Waals surface area contributed by atoms with Crippen molar-refractivity contribution in [2.45, 2.75) is 46.7 Å². The van der Waals surface area contributed by atoms with Crippen molar-refractivity contribution in [3.63, 3.8) is 0 Å². The maximum atomic E-state index is 11.3. The second-order valence-electron chi connectivity index (χ2n) is 7.18. The van der Waals surface area contributed by atoms with E-state index in [1.165, 1.54) is 19.4 Å². The van der Waals surface area contributed by atoms with Crippen LogP contribution in [0.1, 0.15) is 57.8 Å². The van der Waals surface area contributed by atoms with Crippen molar-refractivity contribution >= 4 is 19.3 Å². The van der Waals surface area contributed by atoms with E-state index in [2.05, 4.69) is 38.2 Å². The zero-order chi connectivity index (χ0) is 21.4. The number of nitrogens with one attached hydrogen (secondary N) is 1. The predicted molar refractivity (Wildman–Crippen MR) is 112 cm³/mol. The highest BCUT2D eigenvalue weighted by Gasteiger charge is 2.34. The molecule has 0 bridgehead atoms. The van der Waals surface area contributed by atoms with Gasteiger partial charge in [0.1, 0.15) is 5.75 Å². The second kappa shape index (κ2) is 10.7. The van der Waals surface area contributed by atoms with Crippen LogP contribution in [0.5, 0.6) is 5.75 Å². The summed E-state index contributed by atoms with van der Waals surface area (Å²) in [6.07, 6.45) is 0. The second-order valence-corrected chi connectivity index (χ2v) is 7.18. The first-order valence-electron chi connectivity index (χ1n) is 9.69. The minimum absolute atomic E-state index is 0.0447. The van der Waals surface area contributed by atoms with Crippen molar-refractivity contribution in [1.29, 1.82) is 0 Å². The van der Waals surface area contributed by atoms with Gasteiger partial charge in [0, 0.05) is 31.5 Å². The minimum Gasteiger partial charge on any atom is -0.489 e. The number of carbonyl (C=O) groups excluding carboxylic acids is 2. The molecule has 154 valence electrons. The summed E-state index contributed by atoms with van der Waals surface area (Å²) in [5, 5.41) is 3.65. The van der Waals surface area contributed by atoms with E-state index >= 15 is 0 Å². The SMILES string of the molecule is CC(=O)OB(OC(C)=O)Oc1ccccc1[C@H](N[C@H](C)c1ccccc1)C(C)C. The summed E-state index contributed by atoms with van der Waals surface area (Å²) in [4.78, 5) is 22.7. The Hall–Kier alpha value is -2.80. The molecule has 0 spiro atoms. The molecule has 0 heterocycles. The quantitative estimate of drug-likeness (QED) is 0.639. The van der Waals surface area contributed by atoms with Crippen molar-refractivity contribution in [2.75, 3.05) is 0 Å². The molecule has 2 rings (SSSR count). The van der Waals surface area contributed by atoms with E-state index in [1.807, 2.05) is 36.4 Å². The van der Waals surface area contributed by atoms with Crippen LogP contribution in [0.4, 0.5) is 0 Å². The number of carbonyl (C=O) groups is 2. The third kappa shape index (κ3) is 6.95. The number of hydrogen-bond acceptors (Lipinski definition) is 6. The fourth-order valence-corrected chi connectivity index (χ4v) is 3.04. The molecule has 0 saturated carbocycles. The zero-order valence-corrected chi connectivity index (χ0v) is 17.5. The Balaban J connectivity index is 2.28. The van der Waals surface area contributed by atoms with Gasteiger partial charge >= 0.3 is 7.32 Å². The van der Waals surface area contributed by atoms with E-state index in [-0.39, 0.29) is 18.0 Å². The van der Waals surface area contributed by atoms with Crippen LogP contribution in [0, 0.1) is 5.92 Å². The van der Waals surface area contributed by atoms with Crippen LogP contribution in [0.15, 0.2) is 54.6 Å². The molecule has 29 heavy (non-hydrogen) atoms. The molecule has 2 aromatic rings. The van der Waals surface area contributed by atoms with Crippen molar-refractivity contribution in [1.82, 2.24) is 5.32 Å². The summed E-state index contributed by atoms with van der Waals surface area (Å²) >= 11 is 0. The maximum absolute atomic E-state index is 11.3. The normalized spacial score (nSPS) is 12.8. The van der Waals surface area contributed by atoms with Crippen molar-refractivity contribution in [2.24, 2.45) is 5.92 Å². The molecule has 0 aromatic heterocycles. The fourth-order valence-electron chi connectivity index (χ4n) is 3.04. The van der Waals surface area contributed by atoms with Gasteiger partial charge in [0.25, 0.3) is 11.9 Å². The summed E-state index contributed by atoms with van der Waals surface area (Å²) in [6.45, 7) is 8.79. The first-order valence-corrected chi connectivity index (χ1v) is 9.69. The number of para-hydroxylation sites is 1. The molecule has 0 radical (unpaired) electrons. The molecule has 0 amide bonds. The summed E-state index contributed by atoms with van der Waals surface area (Å²) < 4.78 is 15.7. The lowest BCUT2D eigenvalue weighted by Gasteiger charge is -2.29. The average molecular weight is 397 g/mol. The Labute approximate surface area is 172 Å². The first-order chi connectivity index (χ1) is 13.8. The summed E-state index contributed by atoms with van der Waals surface area (Å²) in [5.41, 5.74) is 2.06. The molecular formula is C22H28BNO5. The summed E-state index contributed by atoms with van der Waals surface area (Å²) in [7, 11) is -1.44. The van der Waals surface area contributed by atoms with Gasteiger partial charge in [0.15, 0.2) is 0 Å². The molecule has 6 nitrogen and oxygen atoms in total. The summed E-state index contributed by atoms with van der Waals surface area (Å²) in [5.74, 6) is -0.492. The van der Waals surface area contributed by atoms with E-state index in [0.29, 0.717) is 5.75 Å².